The van der Waals surface area contributed by atoms with Gasteiger partial charge in [-0.25, -0.2) is 4.98 Å². The van der Waals surface area contributed by atoms with Gasteiger partial charge in [-0.15, -0.1) is 0 Å². The second-order valence-corrected chi connectivity index (χ2v) is 5.99. The third kappa shape index (κ3) is 3.54. The number of carbonyl (C=O) groups is 1. The Hall–Kier alpha value is -2.87. The molecule has 1 aromatic heterocycles. The van der Waals surface area contributed by atoms with Crippen molar-refractivity contribution in [3.05, 3.63) is 58.1 Å². The van der Waals surface area contributed by atoms with E-state index in [4.69, 9.17) is 4.42 Å². The summed E-state index contributed by atoms with van der Waals surface area (Å²) in [4.78, 5) is 26.8. The SMILES string of the molecule is Cc1ccc(NC(=O)CSc2nc3ccccc3o2)c([N+](=O)[O-])c1. The first-order chi connectivity index (χ1) is 11.5. The third-order valence-corrected chi connectivity index (χ3v) is 4.05. The lowest BCUT2D eigenvalue weighted by molar-refractivity contribution is -0.384. The van der Waals surface area contributed by atoms with Crippen molar-refractivity contribution in [2.75, 3.05) is 11.1 Å². The van der Waals surface area contributed by atoms with Gasteiger partial charge in [0, 0.05) is 6.07 Å². The van der Waals surface area contributed by atoms with Crippen LogP contribution in [0.2, 0.25) is 0 Å². The van der Waals surface area contributed by atoms with Crippen LogP contribution in [-0.2, 0) is 4.79 Å². The molecular weight excluding hydrogens is 330 g/mol. The molecule has 3 aromatic rings. The number of fused-ring (bicyclic) bond motifs is 1. The Bertz CT molecular complexity index is 890. The molecule has 0 spiro atoms. The Morgan fingerprint density at radius 1 is 1.33 bits per heavy atom. The number of carbonyl (C=O) groups excluding carboxylic acids is 1. The second kappa shape index (κ2) is 6.71. The first kappa shape index (κ1) is 16.0. The molecule has 0 radical (unpaired) electrons. The molecule has 0 unspecified atom stereocenters. The van der Waals surface area contributed by atoms with Gasteiger partial charge >= 0.3 is 0 Å². The molecule has 0 aliphatic carbocycles. The number of nitrogens with one attached hydrogen (secondary N) is 1. The molecule has 7 nitrogen and oxygen atoms in total. The lowest BCUT2D eigenvalue weighted by Crippen LogP contribution is -2.15. The predicted molar refractivity (Wildman–Crippen MR) is 91.2 cm³/mol. The van der Waals surface area contributed by atoms with Gasteiger partial charge in [0.2, 0.25) is 5.91 Å². The largest absolute Gasteiger partial charge is 0.431 e. The van der Waals surface area contributed by atoms with Crippen molar-refractivity contribution in [3.8, 4) is 0 Å². The molecule has 0 aliphatic heterocycles. The number of para-hydroxylation sites is 2. The topological polar surface area (TPSA) is 98.3 Å². The summed E-state index contributed by atoms with van der Waals surface area (Å²) in [6, 6.07) is 11.9. The zero-order valence-electron chi connectivity index (χ0n) is 12.7. The maximum absolute atomic E-state index is 12.0. The summed E-state index contributed by atoms with van der Waals surface area (Å²) < 4.78 is 5.51. The molecule has 0 bridgehead atoms. The van der Waals surface area contributed by atoms with Gasteiger partial charge in [-0.2, -0.15) is 0 Å². The minimum absolute atomic E-state index is 0.0395. The lowest BCUT2D eigenvalue weighted by atomic mass is 10.2. The zero-order chi connectivity index (χ0) is 17.1. The molecule has 1 amide bonds. The smallest absolute Gasteiger partial charge is 0.293 e. The molecule has 0 saturated heterocycles. The molecule has 3 rings (SSSR count). The van der Waals surface area contributed by atoms with Crippen LogP contribution in [0.5, 0.6) is 0 Å². The van der Waals surface area contributed by atoms with Crippen LogP contribution < -0.4 is 5.32 Å². The number of thioether (sulfide) groups is 1. The summed E-state index contributed by atoms with van der Waals surface area (Å²) in [6.45, 7) is 1.75. The number of rotatable bonds is 5. The molecule has 122 valence electrons. The van der Waals surface area contributed by atoms with Crippen molar-refractivity contribution < 1.29 is 14.1 Å². The van der Waals surface area contributed by atoms with Gasteiger partial charge in [0.25, 0.3) is 10.9 Å². The minimum atomic E-state index is -0.517. The van der Waals surface area contributed by atoms with E-state index in [2.05, 4.69) is 10.3 Å². The lowest BCUT2D eigenvalue weighted by Gasteiger charge is -2.05. The summed E-state index contributed by atoms with van der Waals surface area (Å²) in [6.07, 6.45) is 0. The molecule has 0 fully saturated rings. The Morgan fingerprint density at radius 2 is 2.12 bits per heavy atom. The number of oxazole rings is 1. The van der Waals surface area contributed by atoms with E-state index in [1.807, 2.05) is 18.2 Å². The van der Waals surface area contributed by atoms with Gasteiger partial charge in [0.15, 0.2) is 5.58 Å². The van der Waals surface area contributed by atoms with Crippen molar-refractivity contribution in [2.45, 2.75) is 12.1 Å². The number of benzene rings is 2. The fourth-order valence-corrected chi connectivity index (χ4v) is 2.76. The maximum Gasteiger partial charge on any atom is 0.293 e. The molecule has 1 N–H and O–H groups in total. The summed E-state index contributed by atoms with van der Waals surface area (Å²) in [5.74, 6) is -0.327. The average Bonchev–Trinajstić information content (AvgIpc) is 2.97. The molecule has 0 atom stereocenters. The summed E-state index contributed by atoms with van der Waals surface area (Å²) in [5.41, 5.74) is 2.16. The highest BCUT2D eigenvalue weighted by Crippen LogP contribution is 2.26. The molecule has 24 heavy (non-hydrogen) atoms. The Kier molecular flexibility index (Phi) is 4.48. The molecule has 0 saturated carbocycles. The quantitative estimate of drug-likeness (QED) is 0.430. The van der Waals surface area contributed by atoms with Gasteiger partial charge in [-0.05, 0) is 30.7 Å². The third-order valence-electron chi connectivity index (χ3n) is 3.23. The average molecular weight is 343 g/mol. The monoisotopic (exact) mass is 343 g/mol. The van der Waals surface area contributed by atoms with Gasteiger partial charge in [-0.3, -0.25) is 14.9 Å². The van der Waals surface area contributed by atoms with Gasteiger partial charge in [0.1, 0.15) is 11.2 Å². The Morgan fingerprint density at radius 3 is 2.88 bits per heavy atom. The van der Waals surface area contributed by atoms with Crippen LogP contribution >= 0.6 is 11.8 Å². The van der Waals surface area contributed by atoms with Crippen LogP contribution in [0.1, 0.15) is 5.56 Å². The van der Waals surface area contributed by atoms with Crippen molar-refractivity contribution >= 4 is 40.1 Å². The predicted octanol–water partition coefficient (Wildman–Crippen LogP) is 3.78. The highest BCUT2D eigenvalue weighted by atomic mass is 32.2. The van der Waals surface area contributed by atoms with Gasteiger partial charge < -0.3 is 9.73 Å². The zero-order valence-corrected chi connectivity index (χ0v) is 13.5. The summed E-state index contributed by atoms with van der Waals surface area (Å²) in [7, 11) is 0. The Balaban J connectivity index is 1.66. The first-order valence-electron chi connectivity index (χ1n) is 7.06. The molecular formula is C16H13N3O4S. The van der Waals surface area contributed by atoms with Crippen molar-refractivity contribution in [1.29, 1.82) is 0 Å². The van der Waals surface area contributed by atoms with E-state index >= 15 is 0 Å². The van der Waals surface area contributed by atoms with Crippen LogP contribution in [0.25, 0.3) is 11.1 Å². The van der Waals surface area contributed by atoms with Crippen molar-refractivity contribution in [3.63, 3.8) is 0 Å². The number of nitro benzene ring substituents is 1. The number of nitrogens with zero attached hydrogens (tertiary/aromatic N) is 2. The fraction of sp³-hybridized carbons (Fsp3) is 0.125. The van der Waals surface area contributed by atoms with E-state index in [0.29, 0.717) is 10.8 Å². The number of anilines is 1. The number of hydrogen-bond acceptors (Lipinski definition) is 6. The highest BCUT2D eigenvalue weighted by Gasteiger charge is 2.16. The summed E-state index contributed by atoms with van der Waals surface area (Å²) in [5, 5.41) is 14.0. The standard InChI is InChI=1S/C16H13N3O4S/c1-10-6-7-11(13(8-10)19(21)22)17-15(20)9-24-16-18-12-4-2-3-5-14(12)23-16/h2-8H,9H2,1H3,(H,17,20). The van der Waals surface area contributed by atoms with Gasteiger partial charge in [0.05, 0.1) is 10.7 Å². The minimum Gasteiger partial charge on any atom is -0.431 e. The van der Waals surface area contributed by atoms with Gasteiger partial charge in [-0.1, -0.05) is 30.0 Å². The summed E-state index contributed by atoms with van der Waals surface area (Å²) >= 11 is 1.13. The molecule has 0 aliphatic rings. The maximum atomic E-state index is 12.0. The van der Waals surface area contributed by atoms with Crippen molar-refractivity contribution in [1.82, 2.24) is 4.98 Å². The van der Waals surface area contributed by atoms with Crippen LogP contribution in [0.4, 0.5) is 11.4 Å². The van der Waals surface area contributed by atoms with E-state index in [1.165, 1.54) is 12.1 Å². The first-order valence-corrected chi connectivity index (χ1v) is 8.05. The molecule has 8 heteroatoms. The number of nitro groups is 1. The number of aryl methyl sites for hydroxylation is 1. The number of aromatic nitrogens is 1. The molecule has 1 heterocycles. The normalized spacial score (nSPS) is 10.7. The number of amides is 1. The number of hydrogen-bond donors (Lipinski definition) is 1. The van der Waals surface area contributed by atoms with Crippen molar-refractivity contribution in [2.24, 2.45) is 0 Å². The van der Waals surface area contributed by atoms with E-state index in [1.54, 1.807) is 19.1 Å². The molecule has 2 aromatic carbocycles. The van der Waals surface area contributed by atoms with Crippen LogP contribution in [0.15, 0.2) is 52.1 Å². The van der Waals surface area contributed by atoms with Crippen LogP contribution in [-0.4, -0.2) is 21.6 Å². The van der Waals surface area contributed by atoms with Crippen LogP contribution in [0.3, 0.4) is 0 Å². The van der Waals surface area contributed by atoms with Crippen LogP contribution in [0, 0.1) is 17.0 Å². The van der Waals surface area contributed by atoms with E-state index in [0.717, 1.165) is 22.8 Å². The van der Waals surface area contributed by atoms with E-state index in [9.17, 15) is 14.9 Å². The van der Waals surface area contributed by atoms with E-state index < -0.39 is 4.92 Å². The fourth-order valence-electron chi connectivity index (χ4n) is 2.12. The Labute approximate surface area is 141 Å². The van der Waals surface area contributed by atoms with E-state index in [-0.39, 0.29) is 23.0 Å². The second-order valence-electron chi connectivity index (χ2n) is 5.06. The highest BCUT2D eigenvalue weighted by molar-refractivity contribution is 7.99.